The molecule has 0 radical (unpaired) electrons. The van der Waals surface area contributed by atoms with Crippen molar-refractivity contribution in [2.45, 2.75) is 26.8 Å². The van der Waals surface area contributed by atoms with Crippen LogP contribution in [-0.2, 0) is 9.59 Å². The molecule has 1 heterocycles. The molecule has 1 aliphatic heterocycles. The van der Waals surface area contributed by atoms with Crippen molar-refractivity contribution in [2.75, 3.05) is 25.7 Å². The minimum atomic E-state index is -0.902. The third-order valence-corrected chi connectivity index (χ3v) is 6.45. The quantitative estimate of drug-likeness (QED) is 0.275. The lowest BCUT2D eigenvalue weighted by Gasteiger charge is -2.28. The lowest BCUT2D eigenvalue weighted by atomic mass is 9.94. The number of ether oxygens (including phenoxy) is 3. The first-order chi connectivity index (χ1) is 17.3. The minimum Gasteiger partial charge on any atom is -0.507 e. The number of Topliss-reactive ketones (excluding diaryl/α,β-unsaturated/α-hetero) is 1. The molecule has 7 nitrogen and oxygen atoms in total. The fourth-order valence-electron chi connectivity index (χ4n) is 4.51. The number of amides is 1. The van der Waals surface area contributed by atoms with Crippen LogP contribution in [0.1, 0.15) is 35.2 Å². The molecule has 186 valence electrons. The minimum absolute atomic E-state index is 0.0296. The van der Waals surface area contributed by atoms with Gasteiger partial charge in [-0.05, 0) is 67.8 Å². The van der Waals surface area contributed by atoms with E-state index in [2.05, 4.69) is 0 Å². The topological polar surface area (TPSA) is 85.3 Å². The van der Waals surface area contributed by atoms with Crippen molar-refractivity contribution in [3.05, 3.63) is 88.5 Å². The fraction of sp³-hybridized carbons (Fsp3) is 0.241. The SMILES string of the molecule is CCOc1cc(C2/C(=C(\O)c3ccccc3OC)C(=O)C(=O)N2c2cccc(C)c2C)ccc1OC. The van der Waals surface area contributed by atoms with Gasteiger partial charge in [0.25, 0.3) is 11.7 Å². The van der Waals surface area contributed by atoms with Crippen LogP contribution in [0.25, 0.3) is 5.76 Å². The average Bonchev–Trinajstić information content (AvgIpc) is 3.15. The monoisotopic (exact) mass is 487 g/mol. The van der Waals surface area contributed by atoms with E-state index in [1.807, 2.05) is 32.9 Å². The van der Waals surface area contributed by atoms with E-state index in [0.717, 1.165) is 11.1 Å². The normalized spacial score (nSPS) is 16.8. The maximum Gasteiger partial charge on any atom is 0.300 e. The van der Waals surface area contributed by atoms with Crippen molar-refractivity contribution < 1.29 is 28.9 Å². The van der Waals surface area contributed by atoms with Gasteiger partial charge in [0.2, 0.25) is 0 Å². The molecular formula is C29H29NO6. The fourth-order valence-corrected chi connectivity index (χ4v) is 4.51. The Morgan fingerprint density at radius 1 is 0.917 bits per heavy atom. The summed E-state index contributed by atoms with van der Waals surface area (Å²) in [5, 5.41) is 11.5. The summed E-state index contributed by atoms with van der Waals surface area (Å²) in [6.07, 6.45) is 0. The summed E-state index contributed by atoms with van der Waals surface area (Å²) >= 11 is 0. The van der Waals surface area contributed by atoms with Gasteiger partial charge in [0.05, 0.1) is 38.0 Å². The summed E-state index contributed by atoms with van der Waals surface area (Å²) < 4.78 is 16.6. The largest absolute Gasteiger partial charge is 0.507 e. The Labute approximate surface area is 210 Å². The molecule has 0 saturated carbocycles. The highest BCUT2D eigenvalue weighted by molar-refractivity contribution is 6.51. The highest BCUT2D eigenvalue weighted by Crippen LogP contribution is 2.45. The average molecular weight is 488 g/mol. The molecule has 7 heteroatoms. The Hall–Kier alpha value is -4.26. The first-order valence-electron chi connectivity index (χ1n) is 11.6. The number of anilines is 1. The zero-order valence-electron chi connectivity index (χ0n) is 21.0. The smallest absolute Gasteiger partial charge is 0.300 e. The summed E-state index contributed by atoms with van der Waals surface area (Å²) in [4.78, 5) is 28.5. The zero-order chi connectivity index (χ0) is 26.0. The summed E-state index contributed by atoms with van der Waals surface area (Å²) in [6, 6.07) is 16.8. The van der Waals surface area contributed by atoms with Gasteiger partial charge in [-0.3, -0.25) is 14.5 Å². The van der Waals surface area contributed by atoms with Gasteiger partial charge < -0.3 is 19.3 Å². The number of hydrogen-bond acceptors (Lipinski definition) is 6. The van der Waals surface area contributed by atoms with Crippen molar-refractivity contribution in [3.63, 3.8) is 0 Å². The summed E-state index contributed by atoms with van der Waals surface area (Å²) in [7, 11) is 3.03. The highest BCUT2D eigenvalue weighted by atomic mass is 16.5. The molecule has 1 saturated heterocycles. The molecular weight excluding hydrogens is 458 g/mol. The van der Waals surface area contributed by atoms with Gasteiger partial charge in [0, 0.05) is 5.69 Å². The number of nitrogens with zero attached hydrogens (tertiary/aromatic N) is 1. The predicted octanol–water partition coefficient (Wildman–Crippen LogP) is 5.35. The van der Waals surface area contributed by atoms with Crippen LogP contribution >= 0.6 is 0 Å². The second-order valence-corrected chi connectivity index (χ2v) is 8.43. The Balaban J connectivity index is 2.02. The number of hydrogen-bond donors (Lipinski definition) is 1. The van der Waals surface area contributed by atoms with Crippen molar-refractivity contribution in [2.24, 2.45) is 0 Å². The van der Waals surface area contributed by atoms with Crippen LogP contribution in [0, 0.1) is 13.8 Å². The van der Waals surface area contributed by atoms with E-state index in [4.69, 9.17) is 14.2 Å². The molecule has 0 spiro atoms. The number of methoxy groups -OCH3 is 2. The molecule has 1 atom stereocenters. The molecule has 1 unspecified atom stereocenters. The van der Waals surface area contributed by atoms with Crippen LogP contribution in [0.3, 0.4) is 0 Å². The number of carbonyl (C=O) groups is 2. The van der Waals surface area contributed by atoms with Crippen LogP contribution in [0.4, 0.5) is 5.69 Å². The molecule has 1 N–H and O–H groups in total. The molecule has 36 heavy (non-hydrogen) atoms. The van der Waals surface area contributed by atoms with Crippen LogP contribution in [-0.4, -0.2) is 37.6 Å². The van der Waals surface area contributed by atoms with Gasteiger partial charge >= 0.3 is 0 Å². The van der Waals surface area contributed by atoms with Crippen molar-refractivity contribution in [1.29, 1.82) is 0 Å². The van der Waals surface area contributed by atoms with Crippen LogP contribution in [0.15, 0.2) is 66.2 Å². The van der Waals surface area contributed by atoms with E-state index in [1.165, 1.54) is 12.0 Å². The van der Waals surface area contributed by atoms with E-state index in [0.29, 0.717) is 40.7 Å². The second kappa shape index (κ2) is 10.2. The van der Waals surface area contributed by atoms with Crippen molar-refractivity contribution in [3.8, 4) is 17.2 Å². The first-order valence-corrected chi connectivity index (χ1v) is 11.6. The lowest BCUT2D eigenvalue weighted by Crippen LogP contribution is -2.30. The molecule has 0 aliphatic carbocycles. The van der Waals surface area contributed by atoms with E-state index < -0.39 is 17.7 Å². The number of aliphatic hydroxyl groups is 1. The Morgan fingerprint density at radius 2 is 1.64 bits per heavy atom. The van der Waals surface area contributed by atoms with Gasteiger partial charge in [0.15, 0.2) is 11.5 Å². The summed E-state index contributed by atoms with van der Waals surface area (Å²) in [5.41, 5.74) is 3.31. The number of carbonyl (C=O) groups excluding carboxylic acids is 2. The molecule has 0 bridgehead atoms. The lowest BCUT2D eigenvalue weighted by molar-refractivity contribution is -0.132. The van der Waals surface area contributed by atoms with Crippen molar-refractivity contribution >= 4 is 23.1 Å². The number of rotatable bonds is 7. The van der Waals surface area contributed by atoms with E-state index in [9.17, 15) is 14.7 Å². The molecule has 1 amide bonds. The van der Waals surface area contributed by atoms with Gasteiger partial charge in [0.1, 0.15) is 11.5 Å². The van der Waals surface area contributed by atoms with E-state index in [-0.39, 0.29) is 11.3 Å². The molecule has 4 rings (SSSR count). The summed E-state index contributed by atoms with van der Waals surface area (Å²) in [5.74, 6) is -0.429. The molecule has 3 aromatic rings. The number of aryl methyl sites for hydroxylation is 1. The zero-order valence-corrected chi connectivity index (χ0v) is 21.0. The third-order valence-electron chi connectivity index (χ3n) is 6.45. The molecule has 1 fully saturated rings. The standard InChI is InChI=1S/C29H29NO6/c1-6-36-24-16-19(14-15-23(24)35-5)26-25(27(31)20-11-7-8-13-22(20)34-4)28(32)29(33)30(26)21-12-9-10-17(2)18(21)3/h7-16,26,31H,6H2,1-5H3/b27-25+. The Kier molecular flexibility index (Phi) is 7.01. The number of ketones is 1. The predicted molar refractivity (Wildman–Crippen MR) is 138 cm³/mol. The van der Waals surface area contributed by atoms with Gasteiger partial charge in [-0.15, -0.1) is 0 Å². The number of para-hydroxylation sites is 1. The van der Waals surface area contributed by atoms with E-state index in [1.54, 1.807) is 55.6 Å². The van der Waals surface area contributed by atoms with Gasteiger partial charge in [-0.1, -0.05) is 30.3 Å². The second-order valence-electron chi connectivity index (χ2n) is 8.43. The molecule has 1 aliphatic rings. The highest BCUT2D eigenvalue weighted by Gasteiger charge is 2.47. The first kappa shape index (κ1) is 24.9. The number of benzene rings is 3. The van der Waals surface area contributed by atoms with Crippen LogP contribution < -0.4 is 19.1 Å². The maximum atomic E-state index is 13.5. The van der Waals surface area contributed by atoms with Crippen LogP contribution in [0.2, 0.25) is 0 Å². The summed E-state index contributed by atoms with van der Waals surface area (Å²) in [6.45, 7) is 6.11. The number of aliphatic hydroxyl groups excluding tert-OH is 1. The molecule has 3 aromatic carbocycles. The Bertz CT molecular complexity index is 1360. The van der Waals surface area contributed by atoms with Crippen LogP contribution in [0.5, 0.6) is 17.2 Å². The third kappa shape index (κ3) is 4.17. The Morgan fingerprint density at radius 3 is 2.33 bits per heavy atom. The molecule has 0 aromatic heterocycles. The maximum absolute atomic E-state index is 13.5. The van der Waals surface area contributed by atoms with Gasteiger partial charge in [-0.2, -0.15) is 0 Å². The van der Waals surface area contributed by atoms with Gasteiger partial charge in [-0.25, -0.2) is 0 Å². The van der Waals surface area contributed by atoms with Crippen molar-refractivity contribution in [1.82, 2.24) is 0 Å². The van der Waals surface area contributed by atoms with E-state index >= 15 is 0 Å².